The van der Waals surface area contributed by atoms with Crippen molar-refractivity contribution < 1.29 is 23.1 Å². The molecule has 0 radical (unpaired) electrons. The Morgan fingerprint density at radius 1 is 1.54 bits per heavy atom. The molecule has 3 rings (SSSR count). The minimum Gasteiger partial charge on any atom is -0.610 e. The average Bonchev–Trinajstić information content (AvgIpc) is 3.11. The largest absolute Gasteiger partial charge is 0.610 e. The minimum atomic E-state index is -3.23. The van der Waals surface area contributed by atoms with Crippen LogP contribution < -0.4 is 10.1 Å². The lowest BCUT2D eigenvalue weighted by atomic mass is 10.2. The molecule has 1 aromatic carbocycles. The van der Waals surface area contributed by atoms with Crippen molar-refractivity contribution in [1.82, 2.24) is 10.2 Å². The second-order valence-corrected chi connectivity index (χ2v) is 9.80. The average molecular weight is 439 g/mol. The Balaban J connectivity index is 1.58. The number of amides is 2. The van der Waals surface area contributed by atoms with Gasteiger partial charge in [0.05, 0.1) is 28.3 Å². The SMILES string of the molecule is COc1cccc(/C=C2/SC(=S)N(CCC(=O)NC3C=C[S+](=O)([O-])C3)C2=O)c1. The highest BCUT2D eigenvalue weighted by Crippen LogP contribution is 2.33. The third-order valence-electron chi connectivity index (χ3n) is 4.10. The van der Waals surface area contributed by atoms with Crippen molar-refractivity contribution in [3.8, 4) is 5.75 Å². The number of hydrogen-bond acceptors (Lipinski definition) is 7. The van der Waals surface area contributed by atoms with Crippen LogP contribution in [0, 0.1) is 0 Å². The van der Waals surface area contributed by atoms with E-state index in [2.05, 4.69) is 5.32 Å². The summed E-state index contributed by atoms with van der Waals surface area (Å²) in [5.74, 6) is -0.0429. The molecule has 0 aromatic heterocycles. The molecule has 7 nitrogen and oxygen atoms in total. The number of methoxy groups -OCH3 is 1. The Bertz CT molecular complexity index is 928. The monoisotopic (exact) mass is 438 g/mol. The number of carbonyl (C=O) groups excluding carboxylic acids is 2. The third kappa shape index (κ3) is 5.07. The van der Waals surface area contributed by atoms with Gasteiger partial charge in [-0.05, 0) is 29.8 Å². The van der Waals surface area contributed by atoms with Crippen molar-refractivity contribution >= 4 is 56.4 Å². The Hall–Kier alpha value is -2.01. The standard InChI is InChI=1S/C18H18N2O5S3/c1-25-14-4-2-3-12(9-14)10-15-17(22)20(18(26)27-15)7-5-16(21)19-13-6-8-28(23,24)11-13/h2-4,6,8-10,13H,5,7,11H2,1H3,(H-,19,21,23,24)/b15-10+. The Morgan fingerprint density at radius 2 is 2.32 bits per heavy atom. The molecule has 1 aromatic rings. The van der Waals surface area contributed by atoms with Crippen molar-refractivity contribution in [3.05, 3.63) is 46.2 Å². The van der Waals surface area contributed by atoms with E-state index in [4.69, 9.17) is 17.0 Å². The van der Waals surface area contributed by atoms with Crippen molar-refractivity contribution in [1.29, 1.82) is 0 Å². The van der Waals surface area contributed by atoms with E-state index < -0.39 is 16.3 Å². The predicted molar refractivity (Wildman–Crippen MR) is 112 cm³/mol. The van der Waals surface area contributed by atoms with Gasteiger partial charge in [0.25, 0.3) is 5.91 Å². The van der Waals surface area contributed by atoms with Crippen LogP contribution in [-0.2, 0) is 24.0 Å². The van der Waals surface area contributed by atoms with E-state index >= 15 is 0 Å². The van der Waals surface area contributed by atoms with Crippen LogP contribution in [0.4, 0.5) is 0 Å². The van der Waals surface area contributed by atoms with Gasteiger partial charge in [0.1, 0.15) is 21.2 Å². The second kappa shape index (κ2) is 8.56. The van der Waals surface area contributed by atoms with Crippen LogP contribution in [0.3, 0.4) is 0 Å². The predicted octanol–water partition coefficient (Wildman–Crippen LogP) is 1.93. The lowest BCUT2D eigenvalue weighted by Gasteiger charge is -2.15. The summed E-state index contributed by atoms with van der Waals surface area (Å²) >= 11 is 6.45. The molecule has 1 N–H and O–H groups in total. The normalized spacial score (nSPS) is 25.6. The van der Waals surface area contributed by atoms with Crippen LogP contribution in [-0.4, -0.2) is 51.0 Å². The topological polar surface area (TPSA) is 98.8 Å². The van der Waals surface area contributed by atoms with Gasteiger partial charge in [-0.3, -0.25) is 14.5 Å². The van der Waals surface area contributed by atoms with Gasteiger partial charge >= 0.3 is 0 Å². The molecule has 28 heavy (non-hydrogen) atoms. The van der Waals surface area contributed by atoms with Gasteiger partial charge < -0.3 is 14.6 Å². The molecular formula is C18H18N2O5S3. The number of hydrogen-bond donors (Lipinski definition) is 1. The highest BCUT2D eigenvalue weighted by Gasteiger charge is 2.33. The van der Waals surface area contributed by atoms with Crippen molar-refractivity contribution in [2.75, 3.05) is 19.4 Å². The number of nitrogens with one attached hydrogen (secondary N) is 1. The molecule has 0 saturated carbocycles. The number of rotatable bonds is 6. The van der Waals surface area contributed by atoms with E-state index in [-0.39, 0.29) is 30.5 Å². The minimum absolute atomic E-state index is 0.0310. The third-order valence-corrected chi connectivity index (χ3v) is 6.88. The van der Waals surface area contributed by atoms with Gasteiger partial charge in [0, 0.05) is 13.0 Å². The molecule has 2 aliphatic heterocycles. The summed E-state index contributed by atoms with van der Waals surface area (Å²) in [5.41, 5.74) is 0.812. The van der Waals surface area contributed by atoms with Crippen molar-refractivity contribution in [3.63, 3.8) is 0 Å². The lowest BCUT2D eigenvalue weighted by Crippen LogP contribution is -2.39. The number of thiocarbonyl (C=S) groups is 1. The highest BCUT2D eigenvalue weighted by molar-refractivity contribution is 8.26. The smallest absolute Gasteiger partial charge is 0.266 e. The van der Waals surface area contributed by atoms with Gasteiger partial charge in [-0.25, -0.2) is 0 Å². The first-order chi connectivity index (χ1) is 13.3. The fraction of sp³-hybridized carbons (Fsp3) is 0.278. The summed E-state index contributed by atoms with van der Waals surface area (Å²) in [6, 6.07) is 6.77. The van der Waals surface area contributed by atoms with E-state index in [1.807, 2.05) is 24.3 Å². The zero-order chi connectivity index (χ0) is 20.3. The number of carbonyl (C=O) groups is 2. The van der Waals surface area contributed by atoms with Crippen LogP contribution in [0.1, 0.15) is 12.0 Å². The first kappa shape index (κ1) is 20.7. The summed E-state index contributed by atoms with van der Waals surface area (Å²) < 4.78 is 28.3. The van der Waals surface area contributed by atoms with Crippen LogP contribution in [0.15, 0.2) is 40.7 Å². The molecule has 1 saturated heterocycles. The maximum atomic E-state index is 12.6. The number of ether oxygens (including phenoxy) is 1. The second-order valence-electron chi connectivity index (χ2n) is 6.19. The molecule has 2 amide bonds. The quantitative estimate of drug-likeness (QED) is 0.412. The maximum Gasteiger partial charge on any atom is 0.266 e. The zero-order valence-electron chi connectivity index (χ0n) is 15.0. The maximum absolute atomic E-state index is 12.6. The molecule has 2 aliphatic rings. The van der Waals surface area contributed by atoms with E-state index in [1.54, 1.807) is 13.2 Å². The molecule has 2 heterocycles. The highest BCUT2D eigenvalue weighted by atomic mass is 32.3. The molecule has 0 spiro atoms. The number of nitrogens with zero attached hydrogens (tertiary/aromatic N) is 1. The van der Waals surface area contributed by atoms with Crippen molar-refractivity contribution in [2.24, 2.45) is 0 Å². The van der Waals surface area contributed by atoms with Gasteiger partial charge in [-0.1, -0.05) is 36.1 Å². The molecule has 0 bridgehead atoms. The van der Waals surface area contributed by atoms with Crippen molar-refractivity contribution in [2.45, 2.75) is 12.5 Å². The number of sulfone groups is 1. The van der Waals surface area contributed by atoms with E-state index in [9.17, 15) is 18.4 Å². The summed E-state index contributed by atoms with van der Waals surface area (Å²) in [6.07, 6.45) is 3.21. The molecular weight excluding hydrogens is 420 g/mol. The Labute approximate surface area is 173 Å². The first-order valence-electron chi connectivity index (χ1n) is 8.37. The van der Waals surface area contributed by atoms with Crippen LogP contribution in [0.25, 0.3) is 6.08 Å². The molecule has 148 valence electrons. The molecule has 10 heteroatoms. The van der Waals surface area contributed by atoms with E-state index in [0.29, 0.717) is 15.0 Å². The van der Waals surface area contributed by atoms with Gasteiger partial charge in [0.2, 0.25) is 5.91 Å². The van der Waals surface area contributed by atoms with Gasteiger partial charge in [-0.15, -0.1) is 4.21 Å². The molecule has 2 atom stereocenters. The Kier molecular flexibility index (Phi) is 6.33. The fourth-order valence-corrected chi connectivity index (χ4v) is 5.28. The summed E-state index contributed by atoms with van der Waals surface area (Å²) in [6.45, 7) is 0.134. The summed E-state index contributed by atoms with van der Waals surface area (Å²) in [4.78, 5) is 26.5. The zero-order valence-corrected chi connectivity index (χ0v) is 17.4. The number of thioether (sulfide) groups is 1. The van der Waals surface area contributed by atoms with Crippen LogP contribution in [0.2, 0.25) is 0 Å². The van der Waals surface area contributed by atoms with E-state index in [0.717, 1.165) is 11.0 Å². The van der Waals surface area contributed by atoms with Gasteiger partial charge in [-0.2, -0.15) is 0 Å². The summed E-state index contributed by atoms with van der Waals surface area (Å²) in [7, 11) is -1.66. The molecule has 0 aliphatic carbocycles. The molecule has 2 unspecified atom stereocenters. The number of benzene rings is 1. The Morgan fingerprint density at radius 3 is 3.00 bits per heavy atom. The van der Waals surface area contributed by atoms with E-state index in [1.165, 1.54) is 22.7 Å². The first-order valence-corrected chi connectivity index (χ1v) is 11.3. The summed E-state index contributed by atoms with van der Waals surface area (Å²) in [5, 5.41) is 3.73. The lowest BCUT2D eigenvalue weighted by molar-refractivity contribution is -0.124. The fourth-order valence-electron chi connectivity index (χ4n) is 2.73. The van der Waals surface area contributed by atoms with Gasteiger partial charge in [0.15, 0.2) is 0 Å². The van der Waals surface area contributed by atoms with Crippen LogP contribution in [0.5, 0.6) is 5.75 Å². The molecule has 1 fully saturated rings. The van der Waals surface area contributed by atoms with Crippen LogP contribution >= 0.6 is 24.0 Å².